The maximum Gasteiger partial charge on any atom is 0.465 e. The van der Waals surface area contributed by atoms with E-state index in [0.29, 0.717) is 31.6 Å². The molecule has 0 saturated heterocycles. The molecule has 4 bridgehead atoms. The normalized spacial score (nSPS) is 41.5. The summed E-state index contributed by atoms with van der Waals surface area (Å²) in [6.07, 6.45) is 3.23. The molecule has 4 rings (SSSR count). The van der Waals surface area contributed by atoms with Crippen LogP contribution in [0.15, 0.2) is 0 Å². The van der Waals surface area contributed by atoms with Crippen LogP contribution in [0, 0.1) is 17.3 Å². The van der Waals surface area contributed by atoms with E-state index in [1.54, 1.807) is 0 Å². The topological polar surface area (TPSA) is 101 Å². The molecule has 4 unspecified atom stereocenters. The molecule has 0 radical (unpaired) electrons. The van der Waals surface area contributed by atoms with Crippen LogP contribution in [0.4, 0.5) is 8.78 Å². The van der Waals surface area contributed by atoms with Crippen molar-refractivity contribution in [2.75, 3.05) is 6.61 Å². The number of carbonyl (C=O) groups is 1. The number of esters is 1. The molecule has 4 saturated carbocycles. The molecule has 0 amide bonds. The number of alkyl halides is 2. The summed E-state index contributed by atoms with van der Waals surface area (Å²) in [5.41, 5.74) is -1.35. The maximum atomic E-state index is 13.1. The van der Waals surface area contributed by atoms with Gasteiger partial charge in [-0.3, -0.25) is 4.55 Å². The predicted octanol–water partition coefficient (Wildman–Crippen LogP) is 0.951. The molecule has 9 heteroatoms. The molecule has 0 spiro atoms. The summed E-state index contributed by atoms with van der Waals surface area (Å²) in [5, 5.41) is 5.46. The highest BCUT2D eigenvalue weighted by Gasteiger charge is 2.64. The molecular weight excluding hydrogens is 310 g/mol. The van der Waals surface area contributed by atoms with Crippen LogP contribution in [0.25, 0.3) is 0 Å². The Bertz CT molecular complexity index is 591. The summed E-state index contributed by atoms with van der Waals surface area (Å²) in [6, 6.07) is 0. The van der Waals surface area contributed by atoms with Gasteiger partial charge in [-0.1, -0.05) is 0 Å². The summed E-state index contributed by atoms with van der Waals surface area (Å²) in [4.78, 5) is 11.2. The second-order valence-corrected chi connectivity index (χ2v) is 8.22. The van der Waals surface area contributed by atoms with Crippen molar-refractivity contribution in [3.05, 3.63) is 0 Å². The Labute approximate surface area is 120 Å². The summed E-state index contributed by atoms with van der Waals surface area (Å²) >= 11 is 0. The van der Waals surface area contributed by atoms with Crippen LogP contribution in [0.3, 0.4) is 0 Å². The van der Waals surface area contributed by atoms with Crippen molar-refractivity contribution in [2.24, 2.45) is 17.3 Å². The van der Waals surface area contributed by atoms with E-state index in [1.807, 2.05) is 0 Å². The zero-order valence-corrected chi connectivity index (χ0v) is 11.9. The largest absolute Gasteiger partial charge is 0.465 e. The first-order valence-corrected chi connectivity index (χ1v) is 8.16. The third-order valence-corrected chi connectivity index (χ3v) is 5.99. The molecule has 21 heavy (non-hydrogen) atoms. The average Bonchev–Trinajstić information content (AvgIpc) is 2.66. The number of rotatable bonds is 4. The Hall–Kier alpha value is -0.800. The first-order valence-electron chi connectivity index (χ1n) is 6.72. The van der Waals surface area contributed by atoms with Gasteiger partial charge < -0.3 is 9.84 Å². The lowest BCUT2D eigenvalue weighted by Gasteiger charge is -2.38. The third kappa shape index (κ3) is 2.17. The number of halogens is 2. The maximum absolute atomic E-state index is 13.1. The number of hydrogen-bond donors (Lipinski definition) is 2. The first-order chi connectivity index (χ1) is 9.48. The zero-order valence-electron chi connectivity index (χ0n) is 11.1. The lowest BCUT2D eigenvalue weighted by atomic mass is 9.69. The summed E-state index contributed by atoms with van der Waals surface area (Å²) in [6.45, 7) is -0.355. The van der Waals surface area contributed by atoms with Crippen molar-refractivity contribution >= 4 is 16.1 Å². The smallest absolute Gasteiger partial charge is 0.460 e. The van der Waals surface area contributed by atoms with E-state index in [4.69, 9.17) is 4.55 Å². The molecule has 4 aliphatic rings. The van der Waals surface area contributed by atoms with Crippen LogP contribution in [0.5, 0.6) is 0 Å². The molecule has 0 aromatic rings. The molecule has 0 aliphatic heterocycles. The SMILES string of the molecule is O=C(OCC12CC3CC(C1)C(O)(C3)C2)C(F)(F)S(=O)(=O)O. The van der Waals surface area contributed by atoms with Crippen LogP contribution in [0.1, 0.15) is 32.1 Å². The highest BCUT2D eigenvalue weighted by molar-refractivity contribution is 7.87. The molecule has 2 N–H and O–H groups in total. The molecule has 4 atom stereocenters. The van der Waals surface area contributed by atoms with E-state index in [-0.39, 0.29) is 12.5 Å². The fourth-order valence-corrected chi connectivity index (χ4v) is 4.88. The average molecular weight is 326 g/mol. The molecule has 0 heterocycles. The molecule has 4 aliphatic carbocycles. The molecule has 0 aromatic heterocycles. The van der Waals surface area contributed by atoms with Gasteiger partial charge in [-0.25, -0.2) is 4.79 Å². The van der Waals surface area contributed by atoms with Crippen LogP contribution in [0.2, 0.25) is 0 Å². The highest BCUT2D eigenvalue weighted by atomic mass is 32.2. The van der Waals surface area contributed by atoms with Gasteiger partial charge in [-0.2, -0.15) is 17.2 Å². The van der Waals surface area contributed by atoms with Gasteiger partial charge >= 0.3 is 21.3 Å². The van der Waals surface area contributed by atoms with Gasteiger partial charge in [0.05, 0.1) is 12.2 Å². The summed E-state index contributed by atoms with van der Waals surface area (Å²) in [5.74, 6) is -1.88. The van der Waals surface area contributed by atoms with Gasteiger partial charge in [0.25, 0.3) is 0 Å². The van der Waals surface area contributed by atoms with Crippen LogP contribution >= 0.6 is 0 Å². The Morgan fingerprint density at radius 2 is 2.00 bits per heavy atom. The summed E-state index contributed by atoms with van der Waals surface area (Å²) in [7, 11) is -5.84. The van der Waals surface area contributed by atoms with Gasteiger partial charge in [-0.15, -0.1) is 0 Å². The van der Waals surface area contributed by atoms with Crippen molar-refractivity contribution in [1.82, 2.24) is 0 Å². The Morgan fingerprint density at radius 3 is 2.52 bits per heavy atom. The number of aliphatic hydroxyl groups is 1. The van der Waals surface area contributed by atoms with Crippen molar-refractivity contribution in [2.45, 2.75) is 43.0 Å². The van der Waals surface area contributed by atoms with E-state index >= 15 is 0 Å². The van der Waals surface area contributed by atoms with E-state index in [1.165, 1.54) is 0 Å². The van der Waals surface area contributed by atoms with Gasteiger partial charge in [-0.05, 0) is 43.9 Å². The fourth-order valence-electron chi connectivity index (χ4n) is 4.61. The Balaban J connectivity index is 1.68. The van der Waals surface area contributed by atoms with Crippen LogP contribution in [-0.4, -0.2) is 41.5 Å². The number of hydrogen-bond acceptors (Lipinski definition) is 5. The lowest BCUT2D eigenvalue weighted by molar-refractivity contribution is -0.167. The summed E-state index contributed by atoms with van der Waals surface area (Å²) < 4.78 is 60.0. The van der Waals surface area contributed by atoms with Crippen molar-refractivity contribution in [3.8, 4) is 0 Å². The number of ether oxygens (including phenoxy) is 1. The molecule has 0 aromatic carbocycles. The molecular formula is C12H16F2O6S. The quantitative estimate of drug-likeness (QED) is 0.589. The minimum atomic E-state index is -5.84. The predicted molar refractivity (Wildman–Crippen MR) is 64.9 cm³/mol. The van der Waals surface area contributed by atoms with Gasteiger partial charge in [0, 0.05) is 5.41 Å². The van der Waals surface area contributed by atoms with Crippen molar-refractivity contribution in [1.29, 1.82) is 0 Å². The lowest BCUT2D eigenvalue weighted by Crippen LogP contribution is -2.42. The Kier molecular flexibility index (Phi) is 2.98. The van der Waals surface area contributed by atoms with Crippen LogP contribution < -0.4 is 0 Å². The standard InChI is InChI=1S/C12H16F2O6S/c13-12(14,21(17,18)19)9(15)20-6-10-2-7-1-8(4-10)11(16,3-7)5-10/h7-8,16H,1-6H2,(H,17,18,19). The number of carbonyl (C=O) groups excluding carboxylic acids is 1. The fraction of sp³-hybridized carbons (Fsp3) is 0.917. The van der Waals surface area contributed by atoms with E-state index < -0.39 is 32.4 Å². The second-order valence-electron chi connectivity index (χ2n) is 6.76. The Morgan fingerprint density at radius 1 is 1.33 bits per heavy atom. The van der Waals surface area contributed by atoms with Gasteiger partial charge in [0.15, 0.2) is 0 Å². The van der Waals surface area contributed by atoms with Crippen molar-refractivity contribution in [3.63, 3.8) is 0 Å². The van der Waals surface area contributed by atoms with Crippen LogP contribution in [-0.2, 0) is 19.6 Å². The molecule has 6 nitrogen and oxygen atoms in total. The van der Waals surface area contributed by atoms with E-state index in [9.17, 15) is 27.1 Å². The van der Waals surface area contributed by atoms with Crippen molar-refractivity contribution < 1.29 is 36.4 Å². The third-order valence-electron chi connectivity index (χ3n) is 5.17. The minimum absolute atomic E-state index is 0.0945. The van der Waals surface area contributed by atoms with Gasteiger partial charge in [0.2, 0.25) is 0 Å². The van der Waals surface area contributed by atoms with E-state index in [0.717, 1.165) is 6.42 Å². The van der Waals surface area contributed by atoms with Gasteiger partial charge in [0.1, 0.15) is 0 Å². The monoisotopic (exact) mass is 326 g/mol. The second kappa shape index (κ2) is 4.14. The highest BCUT2D eigenvalue weighted by Crippen LogP contribution is 2.66. The molecule has 120 valence electrons. The molecule has 4 fully saturated rings. The minimum Gasteiger partial charge on any atom is -0.460 e. The van der Waals surface area contributed by atoms with E-state index in [2.05, 4.69) is 4.74 Å². The first kappa shape index (κ1) is 15.1. The zero-order chi connectivity index (χ0) is 15.7.